The fourth-order valence-electron chi connectivity index (χ4n) is 1.52. The first-order valence-corrected chi connectivity index (χ1v) is 6.72. The predicted molar refractivity (Wildman–Crippen MR) is 94.3 cm³/mol. The molecule has 0 radical (unpaired) electrons. The first kappa shape index (κ1) is 21.7. The molecule has 0 saturated heterocycles. The van der Waals surface area contributed by atoms with E-state index in [2.05, 4.69) is 25.3 Å². The first-order chi connectivity index (χ1) is 10.1. The van der Waals surface area contributed by atoms with E-state index < -0.39 is 12.8 Å². The number of nitrogens with zero attached hydrogens (tertiary/aromatic N) is 2. The molecule has 1 aromatic heterocycles. The van der Waals surface area contributed by atoms with Gasteiger partial charge in [0.1, 0.15) is 0 Å². The van der Waals surface area contributed by atoms with Crippen molar-refractivity contribution in [3.8, 4) is 5.88 Å². The van der Waals surface area contributed by atoms with Crippen LogP contribution in [0, 0.1) is 0 Å². The second-order valence-corrected chi connectivity index (χ2v) is 5.71. The monoisotopic (exact) mass is 446 g/mol. The summed E-state index contributed by atoms with van der Waals surface area (Å²) in [6.45, 7) is 5.02. The molecule has 0 fully saturated rings. The van der Waals surface area contributed by atoms with Gasteiger partial charge in [0, 0.05) is 31.4 Å². The fraction of sp³-hybridized carbons (Fsp3) is 0.571. The summed E-state index contributed by atoms with van der Waals surface area (Å²) in [6, 6.07) is 3.15. The van der Waals surface area contributed by atoms with Gasteiger partial charge in [0.15, 0.2) is 12.6 Å². The lowest BCUT2D eigenvalue weighted by atomic mass is 10.1. The quantitative estimate of drug-likeness (QED) is 0.424. The lowest BCUT2D eigenvalue weighted by Gasteiger charge is -2.23. The molecule has 0 bridgehead atoms. The van der Waals surface area contributed by atoms with Crippen LogP contribution in [0.5, 0.6) is 5.88 Å². The van der Waals surface area contributed by atoms with Crippen LogP contribution in [0.3, 0.4) is 0 Å². The minimum absolute atomic E-state index is 0. The number of ether oxygens (including phenoxy) is 1. The number of guanidine groups is 1. The minimum atomic E-state index is -4.38. The normalized spacial score (nSPS) is 12.4. The summed E-state index contributed by atoms with van der Waals surface area (Å²) in [5.41, 5.74) is 0.588. The Morgan fingerprint density at radius 2 is 1.96 bits per heavy atom. The van der Waals surface area contributed by atoms with Gasteiger partial charge in [-0.15, -0.1) is 24.0 Å². The largest absolute Gasteiger partial charge is 0.468 e. The molecule has 0 spiro atoms. The van der Waals surface area contributed by atoms with Crippen molar-refractivity contribution < 1.29 is 17.9 Å². The zero-order chi connectivity index (χ0) is 16.8. The molecule has 5 nitrogen and oxygen atoms in total. The number of alkyl halides is 3. The van der Waals surface area contributed by atoms with Gasteiger partial charge in [-0.3, -0.25) is 4.99 Å². The highest BCUT2D eigenvalue weighted by Gasteiger charge is 2.28. The minimum Gasteiger partial charge on any atom is -0.468 e. The van der Waals surface area contributed by atoms with Gasteiger partial charge in [-0.2, -0.15) is 13.2 Å². The van der Waals surface area contributed by atoms with Gasteiger partial charge in [0.2, 0.25) is 5.88 Å². The molecular weight excluding hydrogens is 424 g/mol. The first-order valence-electron chi connectivity index (χ1n) is 6.72. The summed E-state index contributed by atoms with van der Waals surface area (Å²) in [5.74, 6) is 0.539. The molecule has 0 atom stereocenters. The van der Waals surface area contributed by atoms with E-state index in [4.69, 9.17) is 0 Å². The van der Waals surface area contributed by atoms with E-state index in [-0.39, 0.29) is 35.4 Å². The van der Waals surface area contributed by atoms with Crippen LogP contribution in [0.2, 0.25) is 0 Å². The van der Waals surface area contributed by atoms with Gasteiger partial charge in [-0.25, -0.2) is 4.98 Å². The van der Waals surface area contributed by atoms with E-state index in [0.29, 0.717) is 12.5 Å². The standard InChI is InChI=1S/C14H21F3N4O.HI/c1-13(2,3)21-12(18-4)20-8-10-5-6-19-11(7-10)22-9-14(15,16)17;/h5-7H,8-9H2,1-4H3,(H2,18,20,21);1H. The van der Waals surface area contributed by atoms with Crippen molar-refractivity contribution in [3.63, 3.8) is 0 Å². The van der Waals surface area contributed by atoms with Crippen molar-refractivity contribution in [2.24, 2.45) is 4.99 Å². The smallest absolute Gasteiger partial charge is 0.422 e. The van der Waals surface area contributed by atoms with Gasteiger partial charge in [-0.05, 0) is 32.4 Å². The van der Waals surface area contributed by atoms with Crippen molar-refractivity contribution in [1.29, 1.82) is 0 Å². The van der Waals surface area contributed by atoms with Crippen molar-refractivity contribution in [2.75, 3.05) is 13.7 Å². The van der Waals surface area contributed by atoms with Gasteiger partial charge in [-0.1, -0.05) is 0 Å². The third kappa shape index (κ3) is 10.2. The lowest BCUT2D eigenvalue weighted by Crippen LogP contribution is -2.47. The Kier molecular flexibility index (Phi) is 8.64. The van der Waals surface area contributed by atoms with Gasteiger partial charge >= 0.3 is 6.18 Å². The van der Waals surface area contributed by atoms with E-state index in [0.717, 1.165) is 5.56 Å². The third-order valence-corrected chi connectivity index (χ3v) is 2.36. The molecule has 1 rings (SSSR count). The summed E-state index contributed by atoms with van der Waals surface area (Å²) in [7, 11) is 1.64. The fourth-order valence-corrected chi connectivity index (χ4v) is 1.52. The van der Waals surface area contributed by atoms with Crippen LogP contribution >= 0.6 is 24.0 Å². The summed E-state index contributed by atoms with van der Waals surface area (Å²) in [6.07, 6.45) is -2.97. The Morgan fingerprint density at radius 3 is 2.48 bits per heavy atom. The van der Waals surface area contributed by atoms with E-state index >= 15 is 0 Å². The Bertz CT molecular complexity index is 515. The maximum absolute atomic E-state index is 12.1. The highest BCUT2D eigenvalue weighted by atomic mass is 127. The second kappa shape index (κ2) is 9.14. The molecule has 0 aliphatic heterocycles. The molecule has 1 aromatic rings. The third-order valence-electron chi connectivity index (χ3n) is 2.36. The number of hydrogen-bond donors (Lipinski definition) is 2. The topological polar surface area (TPSA) is 58.5 Å². The van der Waals surface area contributed by atoms with E-state index in [9.17, 15) is 13.2 Å². The SMILES string of the molecule is CN=C(NCc1ccnc(OCC(F)(F)F)c1)NC(C)(C)C.I. The maximum Gasteiger partial charge on any atom is 0.422 e. The van der Waals surface area contributed by atoms with Crippen LogP contribution in [0.15, 0.2) is 23.3 Å². The molecule has 0 aliphatic carbocycles. The van der Waals surface area contributed by atoms with Crippen LogP contribution in [-0.2, 0) is 6.54 Å². The predicted octanol–water partition coefficient (Wildman–Crippen LogP) is 3.10. The Hall–Kier alpha value is -1.26. The Morgan fingerprint density at radius 1 is 1.30 bits per heavy atom. The van der Waals surface area contributed by atoms with Crippen LogP contribution in [0.25, 0.3) is 0 Å². The Balaban J connectivity index is 0.00000484. The molecule has 0 unspecified atom stereocenters. The molecular formula is C14H22F3IN4O. The molecule has 23 heavy (non-hydrogen) atoms. The zero-order valence-corrected chi connectivity index (χ0v) is 15.8. The molecule has 2 N–H and O–H groups in total. The number of rotatable bonds is 4. The van der Waals surface area contributed by atoms with Crippen LogP contribution < -0.4 is 15.4 Å². The van der Waals surface area contributed by atoms with Crippen molar-refractivity contribution >= 4 is 29.9 Å². The Labute approximate surface area is 151 Å². The summed E-state index contributed by atoms with van der Waals surface area (Å²) < 4.78 is 40.9. The van der Waals surface area contributed by atoms with Crippen LogP contribution in [-0.4, -0.2) is 36.3 Å². The van der Waals surface area contributed by atoms with Gasteiger partial charge in [0.25, 0.3) is 0 Å². The number of aliphatic imine (C=N–C) groups is 1. The number of pyridine rings is 1. The average Bonchev–Trinajstić information content (AvgIpc) is 2.40. The van der Waals surface area contributed by atoms with E-state index in [1.54, 1.807) is 13.1 Å². The lowest BCUT2D eigenvalue weighted by molar-refractivity contribution is -0.154. The van der Waals surface area contributed by atoms with Crippen molar-refractivity contribution in [2.45, 2.75) is 39.0 Å². The highest BCUT2D eigenvalue weighted by molar-refractivity contribution is 14.0. The molecule has 0 saturated carbocycles. The average molecular weight is 446 g/mol. The molecule has 0 amide bonds. The molecule has 9 heteroatoms. The maximum atomic E-state index is 12.1. The van der Waals surface area contributed by atoms with Crippen LogP contribution in [0.1, 0.15) is 26.3 Å². The van der Waals surface area contributed by atoms with E-state index in [1.807, 2.05) is 20.8 Å². The molecule has 1 heterocycles. The van der Waals surface area contributed by atoms with Crippen molar-refractivity contribution in [3.05, 3.63) is 23.9 Å². The van der Waals surface area contributed by atoms with E-state index in [1.165, 1.54) is 12.3 Å². The van der Waals surface area contributed by atoms with Gasteiger partial charge in [0.05, 0.1) is 0 Å². The summed E-state index contributed by atoms with van der Waals surface area (Å²) >= 11 is 0. The van der Waals surface area contributed by atoms with Crippen LogP contribution in [0.4, 0.5) is 13.2 Å². The van der Waals surface area contributed by atoms with Gasteiger partial charge < -0.3 is 15.4 Å². The molecule has 132 valence electrons. The molecule has 0 aliphatic rings. The summed E-state index contributed by atoms with van der Waals surface area (Å²) in [5, 5.41) is 6.25. The summed E-state index contributed by atoms with van der Waals surface area (Å²) in [4.78, 5) is 7.83. The van der Waals surface area contributed by atoms with Crippen molar-refractivity contribution in [1.82, 2.24) is 15.6 Å². The number of hydrogen-bond acceptors (Lipinski definition) is 3. The number of aromatic nitrogens is 1. The second-order valence-electron chi connectivity index (χ2n) is 5.71. The highest BCUT2D eigenvalue weighted by Crippen LogP contribution is 2.17. The number of halogens is 4. The number of nitrogens with one attached hydrogen (secondary N) is 2. The zero-order valence-electron chi connectivity index (χ0n) is 13.5. The molecule has 0 aromatic carbocycles.